The van der Waals surface area contributed by atoms with Crippen LogP contribution in [0.15, 0.2) is 0 Å². The molecule has 0 unspecified atom stereocenters. The van der Waals surface area contributed by atoms with Gasteiger partial charge < -0.3 is 19.8 Å². The summed E-state index contributed by atoms with van der Waals surface area (Å²) in [6.07, 6.45) is 0. The van der Waals surface area contributed by atoms with Gasteiger partial charge in [0.25, 0.3) is 0 Å². The molecule has 0 N–H and O–H groups in total. The first kappa shape index (κ1) is 17.0. The molecule has 0 fully saturated rings. The van der Waals surface area contributed by atoms with E-state index in [4.69, 9.17) is 0 Å². The van der Waals surface area contributed by atoms with Crippen LogP contribution in [0.5, 0.6) is 0 Å². The van der Waals surface area contributed by atoms with Crippen molar-refractivity contribution in [3.63, 3.8) is 0 Å². The van der Waals surface area contributed by atoms with Gasteiger partial charge >= 0.3 is 32.7 Å². The van der Waals surface area contributed by atoms with E-state index in [0.29, 0.717) is 0 Å². The summed E-state index contributed by atoms with van der Waals surface area (Å²) in [6, 6.07) is 0. The van der Waals surface area contributed by atoms with Crippen molar-refractivity contribution in [2.75, 3.05) is 0 Å². The first-order valence-electron chi connectivity index (χ1n) is 2.11. The van der Waals surface area contributed by atoms with E-state index in [0.717, 1.165) is 5.69 Å². The van der Waals surface area contributed by atoms with E-state index in [1.54, 1.807) is 11.3 Å². The van der Waals surface area contributed by atoms with E-state index < -0.39 is 0 Å². The number of aryl methyl sites for hydroxylation is 2. The van der Waals surface area contributed by atoms with Gasteiger partial charge in [0.2, 0.25) is 0 Å². The number of rotatable bonds is 0. The molecule has 0 aromatic carbocycles. The smallest absolute Gasteiger partial charge is 0.391 e. The van der Waals surface area contributed by atoms with Crippen molar-refractivity contribution in [3.8, 4) is 0 Å². The standard InChI is InChI=1S/C5H6NS.2CH3.Y/c1-4-5(2)7-3-6-4;;;/h1-2H3;2*1H3;/q3*-1;+3. The predicted octanol–water partition coefficient (Wildman–Crippen LogP) is 2.46. The molecule has 0 aliphatic rings. The Morgan fingerprint density at radius 2 is 1.80 bits per heavy atom. The van der Waals surface area contributed by atoms with E-state index in [1.807, 2.05) is 13.8 Å². The summed E-state index contributed by atoms with van der Waals surface area (Å²) in [5.74, 6) is 0. The zero-order valence-corrected chi connectivity index (χ0v) is 10.6. The second kappa shape index (κ2) is 7.84. The normalized spacial score (nSPS) is 6.60. The Morgan fingerprint density at radius 1 is 1.30 bits per heavy atom. The monoisotopic (exact) mass is 231 g/mol. The Labute approximate surface area is 93.1 Å². The maximum absolute atomic E-state index is 3.91. The minimum atomic E-state index is 0. The number of thiazole rings is 1. The quantitative estimate of drug-likeness (QED) is 0.625. The molecule has 0 atom stereocenters. The van der Waals surface area contributed by atoms with Crippen molar-refractivity contribution < 1.29 is 32.7 Å². The number of hydrogen-bond acceptors (Lipinski definition) is 2. The van der Waals surface area contributed by atoms with E-state index in [9.17, 15) is 0 Å². The van der Waals surface area contributed by atoms with Gasteiger partial charge in [-0.3, -0.25) is 11.3 Å². The molecular formula is C7H12NSY. The third kappa shape index (κ3) is 4.53. The molecule has 0 saturated heterocycles. The summed E-state index contributed by atoms with van der Waals surface area (Å²) in [7, 11) is 0. The summed E-state index contributed by atoms with van der Waals surface area (Å²) in [6.45, 7) is 4.03. The molecule has 0 amide bonds. The van der Waals surface area contributed by atoms with Crippen LogP contribution in [0, 0.1) is 34.2 Å². The zero-order chi connectivity index (χ0) is 5.28. The average molecular weight is 231 g/mol. The molecular weight excluding hydrogens is 219 g/mol. The van der Waals surface area contributed by atoms with Crippen LogP contribution in [-0.2, 0) is 32.7 Å². The van der Waals surface area contributed by atoms with Gasteiger partial charge in [-0.05, 0) is 5.51 Å². The molecule has 0 bridgehead atoms. The second-order valence-electron chi connectivity index (χ2n) is 1.45. The largest absolute Gasteiger partial charge is 3.00 e. The maximum Gasteiger partial charge on any atom is 3.00 e. The SMILES string of the molecule is Cc1n[c-]sc1C.[CH3-].[CH3-].[Y+3]. The topological polar surface area (TPSA) is 12.9 Å². The van der Waals surface area contributed by atoms with Crippen molar-refractivity contribution in [2.45, 2.75) is 13.8 Å². The molecule has 0 aliphatic heterocycles. The predicted molar refractivity (Wildman–Crippen MR) is 43.3 cm³/mol. The minimum absolute atomic E-state index is 0. The third-order valence-electron chi connectivity index (χ3n) is 0.922. The van der Waals surface area contributed by atoms with Gasteiger partial charge in [0.1, 0.15) is 0 Å². The summed E-state index contributed by atoms with van der Waals surface area (Å²) in [4.78, 5) is 5.17. The fraction of sp³-hybridized carbons (Fsp3) is 0.286. The van der Waals surface area contributed by atoms with E-state index in [1.165, 1.54) is 4.88 Å². The summed E-state index contributed by atoms with van der Waals surface area (Å²) >= 11 is 1.57. The first-order valence-corrected chi connectivity index (χ1v) is 2.92. The fourth-order valence-electron chi connectivity index (χ4n) is 0.312. The van der Waals surface area contributed by atoms with Crippen molar-refractivity contribution in [2.24, 2.45) is 0 Å². The molecule has 0 radical (unpaired) electrons. The van der Waals surface area contributed by atoms with Gasteiger partial charge in [-0.25, -0.2) is 0 Å². The molecule has 1 aromatic heterocycles. The van der Waals surface area contributed by atoms with Gasteiger partial charge in [-0.1, -0.05) is 13.8 Å². The van der Waals surface area contributed by atoms with Gasteiger partial charge in [-0.2, -0.15) is 0 Å². The van der Waals surface area contributed by atoms with Gasteiger partial charge in [0.15, 0.2) is 0 Å². The summed E-state index contributed by atoms with van der Waals surface area (Å²) in [5, 5.41) is 0. The molecule has 10 heavy (non-hydrogen) atoms. The zero-order valence-electron chi connectivity index (χ0n) is 6.93. The minimum Gasteiger partial charge on any atom is -0.391 e. The molecule has 1 aromatic rings. The third-order valence-corrected chi connectivity index (χ3v) is 1.71. The van der Waals surface area contributed by atoms with Crippen LogP contribution in [0.4, 0.5) is 0 Å². The van der Waals surface area contributed by atoms with E-state index in [2.05, 4.69) is 10.5 Å². The molecule has 0 aliphatic carbocycles. The summed E-state index contributed by atoms with van der Waals surface area (Å²) < 4.78 is 0. The van der Waals surface area contributed by atoms with E-state index >= 15 is 0 Å². The number of aromatic nitrogens is 1. The van der Waals surface area contributed by atoms with Crippen LogP contribution < -0.4 is 0 Å². The molecule has 0 saturated carbocycles. The van der Waals surface area contributed by atoms with Crippen molar-refractivity contribution in [1.29, 1.82) is 0 Å². The van der Waals surface area contributed by atoms with Gasteiger partial charge in [0, 0.05) is 0 Å². The molecule has 1 nitrogen and oxygen atoms in total. The fourth-order valence-corrected chi connectivity index (χ4v) is 0.825. The Kier molecular flexibility index (Phi) is 13.3. The van der Waals surface area contributed by atoms with Gasteiger partial charge in [0.05, 0.1) is 0 Å². The second-order valence-corrected chi connectivity index (χ2v) is 2.45. The first-order chi connectivity index (χ1) is 3.30. The van der Waals surface area contributed by atoms with Gasteiger partial charge in [-0.15, -0.1) is 10.6 Å². The Balaban J connectivity index is -0.000000163. The molecule has 1 heterocycles. The maximum atomic E-state index is 3.91. The number of nitrogens with zero attached hydrogens (tertiary/aromatic N) is 1. The summed E-state index contributed by atoms with van der Waals surface area (Å²) in [5.41, 5.74) is 3.89. The number of hydrogen-bond donors (Lipinski definition) is 0. The van der Waals surface area contributed by atoms with Crippen LogP contribution in [0.3, 0.4) is 0 Å². The van der Waals surface area contributed by atoms with Crippen LogP contribution in [0.25, 0.3) is 0 Å². The Morgan fingerprint density at radius 3 is 1.90 bits per heavy atom. The Hall–Kier alpha value is 0.734. The molecule has 0 spiro atoms. The van der Waals surface area contributed by atoms with Crippen LogP contribution >= 0.6 is 11.3 Å². The van der Waals surface area contributed by atoms with E-state index in [-0.39, 0.29) is 47.6 Å². The van der Waals surface area contributed by atoms with Crippen molar-refractivity contribution in [3.05, 3.63) is 30.9 Å². The molecule has 54 valence electrons. The molecule has 3 heteroatoms. The average Bonchev–Trinajstić information content (AvgIpc) is 1.91. The molecule has 1 rings (SSSR count). The van der Waals surface area contributed by atoms with Crippen LogP contribution in [-0.4, -0.2) is 4.98 Å². The Bertz CT molecular complexity index is 146. The van der Waals surface area contributed by atoms with Crippen molar-refractivity contribution >= 4 is 11.3 Å². The van der Waals surface area contributed by atoms with Crippen molar-refractivity contribution in [1.82, 2.24) is 4.98 Å². The van der Waals surface area contributed by atoms with Crippen LogP contribution in [0.1, 0.15) is 10.6 Å². The van der Waals surface area contributed by atoms with Crippen LogP contribution in [0.2, 0.25) is 0 Å².